The van der Waals surface area contributed by atoms with E-state index >= 15 is 0 Å². The van der Waals surface area contributed by atoms with Gasteiger partial charge in [-0.05, 0) is 0 Å². The molecule has 0 spiro atoms. The molecule has 0 aliphatic carbocycles. The van der Waals surface area contributed by atoms with Gasteiger partial charge in [-0.15, -0.1) is 0 Å². The molecular formula is C6H2F12O4S. The Labute approximate surface area is 117 Å². The molecule has 17 heteroatoms. The molecule has 0 aromatic carbocycles. The SMILES string of the molecule is O=S(=O)(O)C(F)(F)C(F)(F)OC(F)(F)C(F)(F)C(F)C(F)(F)F. The van der Waals surface area contributed by atoms with E-state index in [9.17, 15) is 61.1 Å². The van der Waals surface area contributed by atoms with E-state index in [0.29, 0.717) is 0 Å². The van der Waals surface area contributed by atoms with Crippen LogP contribution in [0.4, 0.5) is 52.7 Å². The van der Waals surface area contributed by atoms with Crippen molar-refractivity contribution in [2.45, 2.75) is 35.7 Å². The van der Waals surface area contributed by atoms with Crippen LogP contribution < -0.4 is 0 Å². The van der Waals surface area contributed by atoms with Gasteiger partial charge in [-0.1, -0.05) is 0 Å². The summed E-state index contributed by atoms with van der Waals surface area (Å²) >= 11 is 0. The fourth-order valence-corrected chi connectivity index (χ4v) is 1.13. The average Bonchev–Trinajstić information content (AvgIpc) is 2.22. The molecular weight excluding hydrogens is 396 g/mol. The van der Waals surface area contributed by atoms with Crippen molar-refractivity contribution in [3.63, 3.8) is 0 Å². The van der Waals surface area contributed by atoms with Crippen LogP contribution in [0.1, 0.15) is 0 Å². The lowest BCUT2D eigenvalue weighted by Gasteiger charge is -2.33. The summed E-state index contributed by atoms with van der Waals surface area (Å²) in [6.07, 6.45) is -27.0. The molecule has 0 fully saturated rings. The number of rotatable bonds is 6. The fourth-order valence-electron chi connectivity index (χ4n) is 0.792. The van der Waals surface area contributed by atoms with Crippen LogP contribution in [-0.4, -0.2) is 48.7 Å². The highest BCUT2D eigenvalue weighted by molar-refractivity contribution is 7.86. The standard InChI is InChI=1S/C6H2F12O4S/c7-1(3(10,11)12)2(8,9)4(13,14)22-5(15,16)6(17,18)23(19,20)21/h1H,(H,19,20,21). The van der Waals surface area contributed by atoms with Crippen molar-refractivity contribution in [3.8, 4) is 0 Å². The van der Waals surface area contributed by atoms with Gasteiger partial charge in [-0.3, -0.25) is 4.55 Å². The second-order valence-electron chi connectivity index (χ2n) is 3.65. The van der Waals surface area contributed by atoms with Crippen LogP contribution in [0.25, 0.3) is 0 Å². The van der Waals surface area contributed by atoms with Crippen molar-refractivity contribution in [2.75, 3.05) is 0 Å². The first-order valence-corrected chi connectivity index (χ1v) is 5.94. The van der Waals surface area contributed by atoms with Crippen LogP contribution in [-0.2, 0) is 14.9 Å². The summed E-state index contributed by atoms with van der Waals surface area (Å²) < 4.78 is 176. The average molecular weight is 398 g/mol. The van der Waals surface area contributed by atoms with Gasteiger partial charge in [-0.25, -0.2) is 9.13 Å². The molecule has 4 nitrogen and oxygen atoms in total. The zero-order valence-electron chi connectivity index (χ0n) is 9.69. The molecule has 0 aromatic heterocycles. The lowest BCUT2D eigenvalue weighted by Crippen LogP contribution is -2.60. The highest BCUT2D eigenvalue weighted by atomic mass is 32.2. The summed E-state index contributed by atoms with van der Waals surface area (Å²) in [4.78, 5) is 0. The van der Waals surface area contributed by atoms with Crippen LogP contribution in [0.5, 0.6) is 0 Å². The van der Waals surface area contributed by atoms with E-state index in [1.54, 1.807) is 0 Å². The molecule has 0 rings (SSSR count). The Morgan fingerprint density at radius 2 is 1.13 bits per heavy atom. The fraction of sp³-hybridized carbons (Fsp3) is 1.00. The molecule has 1 atom stereocenters. The third-order valence-corrected chi connectivity index (χ3v) is 2.80. The van der Waals surface area contributed by atoms with Gasteiger partial charge < -0.3 is 0 Å². The molecule has 0 aliphatic rings. The predicted octanol–water partition coefficient (Wildman–Crippen LogP) is 3.20. The molecule has 0 saturated carbocycles. The summed E-state index contributed by atoms with van der Waals surface area (Å²) in [5.41, 5.74) is 0. The monoisotopic (exact) mass is 398 g/mol. The maximum absolute atomic E-state index is 12.6. The zero-order chi connectivity index (χ0) is 19.3. The van der Waals surface area contributed by atoms with Gasteiger partial charge in [0.15, 0.2) is 0 Å². The molecule has 0 heterocycles. The smallest absolute Gasteiger partial charge is 0.281 e. The minimum Gasteiger partial charge on any atom is -0.281 e. The van der Waals surface area contributed by atoms with Gasteiger partial charge in [0.05, 0.1) is 0 Å². The van der Waals surface area contributed by atoms with E-state index < -0.39 is 45.9 Å². The Kier molecular flexibility index (Phi) is 5.31. The number of hydrogen-bond donors (Lipinski definition) is 1. The summed E-state index contributed by atoms with van der Waals surface area (Å²) in [5, 5.41) is -6.97. The summed E-state index contributed by atoms with van der Waals surface area (Å²) in [7, 11) is -7.23. The Morgan fingerprint density at radius 3 is 1.39 bits per heavy atom. The Balaban J connectivity index is 5.81. The van der Waals surface area contributed by atoms with Crippen LogP contribution in [0.2, 0.25) is 0 Å². The lowest BCUT2D eigenvalue weighted by atomic mass is 10.2. The number of halogens is 12. The number of alkyl halides is 12. The highest BCUT2D eigenvalue weighted by Crippen LogP contribution is 2.50. The van der Waals surface area contributed by atoms with E-state index in [2.05, 4.69) is 0 Å². The summed E-state index contributed by atoms with van der Waals surface area (Å²) in [6, 6.07) is 0. The van der Waals surface area contributed by atoms with Crippen LogP contribution in [0.3, 0.4) is 0 Å². The van der Waals surface area contributed by atoms with E-state index in [4.69, 9.17) is 4.55 Å². The van der Waals surface area contributed by atoms with Gasteiger partial charge in [-0.2, -0.15) is 56.7 Å². The largest absolute Gasteiger partial charge is 0.460 e. The molecule has 0 radical (unpaired) electrons. The van der Waals surface area contributed by atoms with Crippen molar-refractivity contribution >= 4 is 10.1 Å². The van der Waals surface area contributed by atoms with Gasteiger partial charge in [0, 0.05) is 0 Å². The molecule has 140 valence electrons. The first-order valence-electron chi connectivity index (χ1n) is 4.50. The molecule has 0 aliphatic heterocycles. The van der Waals surface area contributed by atoms with Crippen LogP contribution in [0.15, 0.2) is 0 Å². The summed E-state index contributed by atoms with van der Waals surface area (Å²) in [5.74, 6) is -7.15. The third kappa shape index (κ3) is 3.93. The van der Waals surface area contributed by atoms with Crippen molar-refractivity contribution in [3.05, 3.63) is 0 Å². The van der Waals surface area contributed by atoms with Crippen LogP contribution >= 0.6 is 0 Å². The molecule has 0 amide bonds. The van der Waals surface area contributed by atoms with Gasteiger partial charge >= 0.3 is 39.7 Å². The first kappa shape index (κ1) is 22.0. The molecule has 0 saturated heterocycles. The van der Waals surface area contributed by atoms with E-state index in [1.165, 1.54) is 4.74 Å². The van der Waals surface area contributed by atoms with E-state index in [-0.39, 0.29) is 0 Å². The molecule has 0 bridgehead atoms. The number of ether oxygens (including phenoxy) is 1. The lowest BCUT2D eigenvalue weighted by molar-refractivity contribution is -0.469. The van der Waals surface area contributed by atoms with E-state index in [1.807, 2.05) is 0 Å². The second kappa shape index (κ2) is 5.54. The normalized spacial score (nSPS) is 17.3. The third-order valence-electron chi connectivity index (χ3n) is 1.91. The second-order valence-corrected chi connectivity index (χ2v) is 5.12. The Hall–Kier alpha value is -0.970. The highest BCUT2D eigenvalue weighted by Gasteiger charge is 2.77. The minimum absolute atomic E-state index is 1.45. The molecule has 23 heavy (non-hydrogen) atoms. The first-order chi connectivity index (χ1) is 9.61. The maximum Gasteiger partial charge on any atom is 0.460 e. The summed E-state index contributed by atoms with van der Waals surface area (Å²) in [6.45, 7) is 0. The van der Waals surface area contributed by atoms with Gasteiger partial charge in [0.25, 0.3) is 6.17 Å². The maximum atomic E-state index is 12.6. The molecule has 1 unspecified atom stereocenters. The quantitative estimate of drug-likeness (QED) is 0.552. The zero-order valence-corrected chi connectivity index (χ0v) is 10.5. The molecule has 0 aromatic rings. The van der Waals surface area contributed by atoms with Gasteiger partial charge in [0.2, 0.25) is 0 Å². The van der Waals surface area contributed by atoms with Crippen molar-refractivity contribution in [1.29, 1.82) is 0 Å². The topological polar surface area (TPSA) is 63.6 Å². The van der Waals surface area contributed by atoms with E-state index in [0.717, 1.165) is 0 Å². The Morgan fingerprint density at radius 1 is 0.783 bits per heavy atom. The molecule has 1 N–H and O–H groups in total. The number of hydrogen-bond acceptors (Lipinski definition) is 3. The van der Waals surface area contributed by atoms with Crippen LogP contribution in [0, 0.1) is 0 Å². The Bertz CT molecular complexity index is 536. The van der Waals surface area contributed by atoms with Crippen molar-refractivity contribution in [1.82, 2.24) is 0 Å². The predicted molar refractivity (Wildman–Crippen MR) is 43.4 cm³/mol. The van der Waals surface area contributed by atoms with Crippen molar-refractivity contribution in [2.24, 2.45) is 0 Å². The van der Waals surface area contributed by atoms with Crippen molar-refractivity contribution < 1.29 is 70.4 Å². The minimum atomic E-state index is -7.25. The van der Waals surface area contributed by atoms with Gasteiger partial charge in [0.1, 0.15) is 0 Å².